The van der Waals surface area contributed by atoms with E-state index in [4.69, 9.17) is 9.47 Å². The molecule has 0 fully saturated rings. The van der Waals surface area contributed by atoms with Crippen LogP contribution in [0.5, 0.6) is 0 Å². The lowest BCUT2D eigenvalue weighted by Gasteiger charge is -2.25. The first-order valence-electron chi connectivity index (χ1n) is 5.62. The summed E-state index contributed by atoms with van der Waals surface area (Å²) in [6, 6.07) is 0. The maximum atomic E-state index is 11.8. The van der Waals surface area contributed by atoms with Gasteiger partial charge >= 0.3 is 11.9 Å². The van der Waals surface area contributed by atoms with E-state index in [2.05, 4.69) is 0 Å². The Morgan fingerprint density at radius 3 is 2.31 bits per heavy atom. The number of allylic oxidation sites excluding steroid dienone is 2. The monoisotopic (exact) mass is 226 g/mol. The number of hydrogen-bond donors (Lipinski definition) is 0. The van der Waals surface area contributed by atoms with E-state index in [1.54, 1.807) is 13.8 Å². The van der Waals surface area contributed by atoms with Crippen molar-refractivity contribution < 1.29 is 19.1 Å². The van der Waals surface area contributed by atoms with Crippen LogP contribution in [-0.4, -0.2) is 25.2 Å². The van der Waals surface area contributed by atoms with E-state index < -0.39 is 5.41 Å². The molecule has 0 aliphatic heterocycles. The van der Waals surface area contributed by atoms with Crippen molar-refractivity contribution >= 4 is 11.9 Å². The highest BCUT2D eigenvalue weighted by Gasteiger charge is 2.41. The Labute approximate surface area is 95.6 Å². The number of esters is 2. The average Bonchev–Trinajstić information content (AvgIpc) is 2.76. The highest BCUT2D eigenvalue weighted by atomic mass is 16.6. The van der Waals surface area contributed by atoms with Crippen molar-refractivity contribution in [1.29, 1.82) is 0 Å². The van der Waals surface area contributed by atoms with E-state index in [-0.39, 0.29) is 18.5 Å². The standard InChI is InChI=1S/C12H18O4/c1-3-10(13)16-9-12(7-5-6-8-12)11(14)15-4-2/h5-6H,3-4,7-9H2,1-2H3. The largest absolute Gasteiger partial charge is 0.465 e. The zero-order chi connectivity index (χ0) is 12.0. The summed E-state index contributed by atoms with van der Waals surface area (Å²) in [5.41, 5.74) is -0.680. The quantitative estimate of drug-likeness (QED) is 0.530. The van der Waals surface area contributed by atoms with Gasteiger partial charge in [-0.15, -0.1) is 0 Å². The maximum absolute atomic E-state index is 11.8. The molecule has 0 aromatic heterocycles. The van der Waals surface area contributed by atoms with Gasteiger partial charge in [-0.2, -0.15) is 0 Å². The molecule has 0 saturated carbocycles. The molecule has 0 amide bonds. The number of carbonyl (C=O) groups is 2. The van der Waals surface area contributed by atoms with Gasteiger partial charge in [0, 0.05) is 6.42 Å². The molecule has 1 aliphatic rings. The van der Waals surface area contributed by atoms with Gasteiger partial charge in [-0.05, 0) is 19.8 Å². The smallest absolute Gasteiger partial charge is 0.316 e. The Balaban J connectivity index is 2.59. The van der Waals surface area contributed by atoms with E-state index in [0.29, 0.717) is 25.9 Å². The second-order valence-electron chi connectivity index (χ2n) is 3.89. The Morgan fingerprint density at radius 1 is 1.19 bits per heavy atom. The first kappa shape index (κ1) is 12.7. The second-order valence-corrected chi connectivity index (χ2v) is 3.89. The zero-order valence-electron chi connectivity index (χ0n) is 9.82. The lowest BCUT2D eigenvalue weighted by atomic mass is 9.86. The molecule has 0 bridgehead atoms. The van der Waals surface area contributed by atoms with Gasteiger partial charge in [0.1, 0.15) is 12.0 Å². The molecule has 1 aliphatic carbocycles. The maximum Gasteiger partial charge on any atom is 0.316 e. The van der Waals surface area contributed by atoms with Crippen LogP contribution >= 0.6 is 0 Å². The Bertz CT molecular complexity index is 285. The molecule has 0 aromatic rings. The van der Waals surface area contributed by atoms with Crippen LogP contribution in [0, 0.1) is 5.41 Å². The van der Waals surface area contributed by atoms with Crippen LogP contribution in [0.1, 0.15) is 33.1 Å². The van der Waals surface area contributed by atoms with Gasteiger partial charge in [-0.1, -0.05) is 19.1 Å². The number of rotatable bonds is 5. The summed E-state index contributed by atoms with van der Waals surface area (Å²) in [5, 5.41) is 0. The van der Waals surface area contributed by atoms with Gasteiger partial charge in [0.05, 0.1) is 6.61 Å². The molecule has 0 N–H and O–H groups in total. The van der Waals surface area contributed by atoms with E-state index in [0.717, 1.165) is 0 Å². The third-order valence-electron chi connectivity index (χ3n) is 2.69. The SMILES string of the molecule is CCOC(=O)C1(COC(=O)CC)CC=CC1. The summed E-state index contributed by atoms with van der Waals surface area (Å²) in [6.45, 7) is 3.96. The third-order valence-corrected chi connectivity index (χ3v) is 2.69. The van der Waals surface area contributed by atoms with E-state index >= 15 is 0 Å². The molecule has 4 heteroatoms. The van der Waals surface area contributed by atoms with Gasteiger partial charge in [0.25, 0.3) is 0 Å². The second kappa shape index (κ2) is 5.68. The Hall–Kier alpha value is -1.32. The fourth-order valence-electron chi connectivity index (χ4n) is 1.65. The molecule has 0 radical (unpaired) electrons. The first-order chi connectivity index (χ1) is 7.64. The van der Waals surface area contributed by atoms with Gasteiger partial charge in [0.15, 0.2) is 0 Å². The van der Waals surface area contributed by atoms with Gasteiger partial charge in [0.2, 0.25) is 0 Å². The molecule has 0 spiro atoms. The van der Waals surface area contributed by atoms with Crippen LogP contribution in [-0.2, 0) is 19.1 Å². The van der Waals surface area contributed by atoms with Crippen LogP contribution < -0.4 is 0 Å². The number of carbonyl (C=O) groups excluding carboxylic acids is 2. The molecule has 90 valence electrons. The lowest BCUT2D eigenvalue weighted by Crippen LogP contribution is -2.36. The minimum atomic E-state index is -0.680. The van der Waals surface area contributed by atoms with Crippen LogP contribution in [0.3, 0.4) is 0 Å². The molecule has 16 heavy (non-hydrogen) atoms. The van der Waals surface area contributed by atoms with Crippen molar-refractivity contribution in [2.75, 3.05) is 13.2 Å². The van der Waals surface area contributed by atoms with E-state index in [9.17, 15) is 9.59 Å². The van der Waals surface area contributed by atoms with Crippen LogP contribution in [0.4, 0.5) is 0 Å². The molecule has 0 aromatic carbocycles. The zero-order valence-corrected chi connectivity index (χ0v) is 9.82. The molecule has 1 rings (SSSR count). The van der Waals surface area contributed by atoms with Crippen LogP contribution in [0.15, 0.2) is 12.2 Å². The number of ether oxygens (including phenoxy) is 2. The Morgan fingerprint density at radius 2 is 1.81 bits per heavy atom. The highest BCUT2D eigenvalue weighted by Crippen LogP contribution is 2.35. The normalized spacial score (nSPS) is 17.1. The first-order valence-corrected chi connectivity index (χ1v) is 5.62. The van der Waals surface area contributed by atoms with Crippen molar-refractivity contribution in [3.8, 4) is 0 Å². The molecular formula is C12H18O4. The summed E-state index contributed by atoms with van der Waals surface area (Å²) >= 11 is 0. The van der Waals surface area contributed by atoms with Crippen molar-refractivity contribution in [3.63, 3.8) is 0 Å². The minimum absolute atomic E-state index is 0.117. The van der Waals surface area contributed by atoms with Crippen LogP contribution in [0.25, 0.3) is 0 Å². The van der Waals surface area contributed by atoms with Crippen molar-refractivity contribution in [1.82, 2.24) is 0 Å². The fourth-order valence-corrected chi connectivity index (χ4v) is 1.65. The lowest BCUT2D eigenvalue weighted by molar-refractivity contribution is -0.162. The van der Waals surface area contributed by atoms with Crippen molar-refractivity contribution in [3.05, 3.63) is 12.2 Å². The molecule has 0 unspecified atom stereocenters. The van der Waals surface area contributed by atoms with Crippen molar-refractivity contribution in [2.24, 2.45) is 5.41 Å². The molecule has 4 nitrogen and oxygen atoms in total. The summed E-state index contributed by atoms with van der Waals surface area (Å²) in [6.07, 6.45) is 5.35. The van der Waals surface area contributed by atoms with Crippen molar-refractivity contribution in [2.45, 2.75) is 33.1 Å². The van der Waals surface area contributed by atoms with E-state index in [1.807, 2.05) is 12.2 Å². The van der Waals surface area contributed by atoms with Gasteiger partial charge in [-0.25, -0.2) is 0 Å². The summed E-state index contributed by atoms with van der Waals surface area (Å²) < 4.78 is 10.1. The molecule has 0 heterocycles. The molecule has 0 saturated heterocycles. The number of hydrogen-bond acceptors (Lipinski definition) is 4. The van der Waals surface area contributed by atoms with Gasteiger partial charge in [-0.3, -0.25) is 9.59 Å². The van der Waals surface area contributed by atoms with Crippen LogP contribution in [0.2, 0.25) is 0 Å². The van der Waals surface area contributed by atoms with Gasteiger partial charge < -0.3 is 9.47 Å². The third kappa shape index (κ3) is 2.84. The predicted octanol–water partition coefficient (Wildman–Crippen LogP) is 1.84. The molecular weight excluding hydrogens is 208 g/mol. The predicted molar refractivity (Wildman–Crippen MR) is 58.7 cm³/mol. The fraction of sp³-hybridized carbons (Fsp3) is 0.667. The summed E-state index contributed by atoms with van der Waals surface area (Å²) in [7, 11) is 0. The summed E-state index contributed by atoms with van der Waals surface area (Å²) in [4.78, 5) is 22.9. The Kier molecular flexibility index (Phi) is 4.52. The molecule has 0 atom stereocenters. The van der Waals surface area contributed by atoms with E-state index in [1.165, 1.54) is 0 Å². The summed E-state index contributed by atoms with van der Waals surface area (Å²) in [5.74, 6) is -0.556. The highest BCUT2D eigenvalue weighted by molar-refractivity contribution is 5.79. The topological polar surface area (TPSA) is 52.6 Å². The minimum Gasteiger partial charge on any atom is -0.465 e. The average molecular weight is 226 g/mol.